The zero-order valence-electron chi connectivity index (χ0n) is 13.0. The minimum atomic E-state index is -0.602. The van der Waals surface area contributed by atoms with Crippen molar-refractivity contribution in [1.29, 1.82) is 0 Å². The fourth-order valence-electron chi connectivity index (χ4n) is 2.17. The van der Waals surface area contributed by atoms with E-state index >= 15 is 0 Å². The molecule has 0 aliphatic carbocycles. The third-order valence-corrected chi connectivity index (χ3v) is 3.90. The van der Waals surface area contributed by atoms with Crippen molar-refractivity contribution in [3.63, 3.8) is 0 Å². The van der Waals surface area contributed by atoms with E-state index in [1.54, 1.807) is 12.1 Å². The number of urea groups is 1. The van der Waals surface area contributed by atoms with Gasteiger partial charge in [0.05, 0.1) is 5.41 Å². The molecule has 7 heteroatoms. The van der Waals surface area contributed by atoms with E-state index in [-0.39, 0.29) is 18.3 Å². The number of hydrogen-bond acceptors (Lipinski definition) is 3. The lowest BCUT2D eigenvalue weighted by Crippen LogP contribution is -2.45. The first-order valence-electron chi connectivity index (χ1n) is 7.11. The highest BCUT2D eigenvalue weighted by Crippen LogP contribution is 2.25. The standard InChI is InChI=1S/C15H24N4O2.ClH/c1-3-15(4-2,10-16)13(20)18-9-11-5-7-12(8-6-11)19-14(17)21;/h5-8H,3-4,9-10,16H2,1-2H3,(H,18,20)(H3,17,19,21);1H. The summed E-state index contributed by atoms with van der Waals surface area (Å²) in [6, 6.07) is 6.53. The maximum absolute atomic E-state index is 12.3. The third-order valence-electron chi connectivity index (χ3n) is 3.90. The van der Waals surface area contributed by atoms with Crippen molar-refractivity contribution >= 4 is 30.0 Å². The first kappa shape index (κ1) is 20.2. The number of anilines is 1. The first-order valence-corrected chi connectivity index (χ1v) is 7.11. The van der Waals surface area contributed by atoms with Gasteiger partial charge in [-0.05, 0) is 30.5 Å². The number of carbonyl (C=O) groups excluding carboxylic acids is 2. The quantitative estimate of drug-likeness (QED) is 0.614. The molecule has 3 amide bonds. The molecule has 0 heterocycles. The molecule has 6 N–H and O–H groups in total. The number of benzene rings is 1. The molecule has 0 bridgehead atoms. The minimum Gasteiger partial charge on any atom is -0.352 e. The Morgan fingerprint density at radius 3 is 2.09 bits per heavy atom. The van der Waals surface area contributed by atoms with E-state index in [0.29, 0.717) is 31.6 Å². The zero-order valence-corrected chi connectivity index (χ0v) is 13.8. The predicted octanol–water partition coefficient (Wildman–Crippen LogP) is 1.98. The van der Waals surface area contributed by atoms with E-state index in [9.17, 15) is 9.59 Å². The number of halogens is 1. The summed E-state index contributed by atoms with van der Waals surface area (Å²) in [6.07, 6.45) is 1.43. The van der Waals surface area contributed by atoms with Gasteiger partial charge in [-0.25, -0.2) is 4.79 Å². The van der Waals surface area contributed by atoms with Crippen LogP contribution in [0.1, 0.15) is 32.3 Å². The fourth-order valence-corrected chi connectivity index (χ4v) is 2.17. The van der Waals surface area contributed by atoms with Crippen LogP contribution in [0.2, 0.25) is 0 Å². The maximum atomic E-state index is 12.3. The van der Waals surface area contributed by atoms with Gasteiger partial charge in [-0.15, -0.1) is 12.4 Å². The number of nitrogens with one attached hydrogen (secondary N) is 2. The van der Waals surface area contributed by atoms with Crippen molar-refractivity contribution in [3.8, 4) is 0 Å². The van der Waals surface area contributed by atoms with Gasteiger partial charge < -0.3 is 22.1 Å². The van der Waals surface area contributed by atoms with Crippen LogP contribution in [0.15, 0.2) is 24.3 Å². The second kappa shape index (κ2) is 9.27. The zero-order chi connectivity index (χ0) is 15.9. The Kier molecular flexibility index (Phi) is 8.52. The molecule has 1 aromatic rings. The third kappa shape index (κ3) is 5.20. The van der Waals surface area contributed by atoms with Gasteiger partial charge in [0, 0.05) is 18.8 Å². The van der Waals surface area contributed by atoms with Gasteiger partial charge in [-0.3, -0.25) is 4.79 Å². The van der Waals surface area contributed by atoms with Crippen molar-refractivity contribution in [2.75, 3.05) is 11.9 Å². The Labute approximate surface area is 137 Å². The van der Waals surface area contributed by atoms with E-state index in [4.69, 9.17) is 11.5 Å². The van der Waals surface area contributed by atoms with E-state index in [1.807, 2.05) is 26.0 Å². The van der Waals surface area contributed by atoms with E-state index in [2.05, 4.69) is 10.6 Å². The lowest BCUT2D eigenvalue weighted by atomic mass is 9.81. The summed E-state index contributed by atoms with van der Waals surface area (Å²) in [7, 11) is 0. The van der Waals surface area contributed by atoms with E-state index in [1.165, 1.54) is 0 Å². The molecule has 1 rings (SSSR count). The van der Waals surface area contributed by atoms with Crippen molar-refractivity contribution in [3.05, 3.63) is 29.8 Å². The SMILES string of the molecule is CCC(CC)(CN)C(=O)NCc1ccc(NC(N)=O)cc1.Cl. The van der Waals surface area contributed by atoms with Crippen LogP contribution in [-0.4, -0.2) is 18.5 Å². The topological polar surface area (TPSA) is 110 Å². The highest BCUT2D eigenvalue weighted by atomic mass is 35.5. The monoisotopic (exact) mass is 328 g/mol. The molecular formula is C15H25ClN4O2. The first-order chi connectivity index (χ1) is 9.97. The number of amides is 3. The van der Waals surface area contributed by atoms with E-state index < -0.39 is 11.4 Å². The molecular weight excluding hydrogens is 304 g/mol. The molecule has 0 saturated heterocycles. The lowest BCUT2D eigenvalue weighted by molar-refractivity contribution is -0.131. The lowest BCUT2D eigenvalue weighted by Gasteiger charge is -2.28. The van der Waals surface area contributed by atoms with Crippen molar-refractivity contribution < 1.29 is 9.59 Å². The van der Waals surface area contributed by atoms with E-state index in [0.717, 1.165) is 5.56 Å². The molecule has 0 unspecified atom stereocenters. The number of hydrogen-bond donors (Lipinski definition) is 4. The molecule has 1 aromatic carbocycles. The highest BCUT2D eigenvalue weighted by Gasteiger charge is 2.32. The molecule has 6 nitrogen and oxygen atoms in total. The molecule has 0 aliphatic rings. The summed E-state index contributed by atoms with van der Waals surface area (Å²) < 4.78 is 0. The molecule has 124 valence electrons. The molecule has 0 aliphatic heterocycles. The molecule has 22 heavy (non-hydrogen) atoms. The van der Waals surface area contributed by atoms with Gasteiger partial charge in [0.15, 0.2) is 0 Å². The Hall–Kier alpha value is -1.79. The Balaban J connectivity index is 0.00000441. The Morgan fingerprint density at radius 1 is 1.14 bits per heavy atom. The Morgan fingerprint density at radius 2 is 1.68 bits per heavy atom. The second-order valence-corrected chi connectivity index (χ2v) is 5.06. The van der Waals surface area contributed by atoms with Crippen molar-refractivity contribution in [2.24, 2.45) is 16.9 Å². The second-order valence-electron chi connectivity index (χ2n) is 5.06. The average Bonchev–Trinajstić information content (AvgIpc) is 2.48. The normalized spacial score (nSPS) is 10.5. The summed E-state index contributed by atoms with van der Waals surface area (Å²) in [5.41, 5.74) is 11.9. The summed E-state index contributed by atoms with van der Waals surface area (Å²) in [4.78, 5) is 23.0. The van der Waals surface area contributed by atoms with Gasteiger partial charge in [0.1, 0.15) is 0 Å². The minimum absolute atomic E-state index is 0. The molecule has 0 atom stereocenters. The average molecular weight is 329 g/mol. The number of primary amides is 1. The van der Waals surface area contributed by atoms with Gasteiger partial charge in [-0.1, -0.05) is 26.0 Å². The van der Waals surface area contributed by atoms with Crippen LogP contribution in [0.4, 0.5) is 10.5 Å². The van der Waals surface area contributed by atoms with Crippen molar-refractivity contribution in [2.45, 2.75) is 33.2 Å². The van der Waals surface area contributed by atoms with Crippen LogP contribution in [-0.2, 0) is 11.3 Å². The molecule has 0 radical (unpaired) electrons. The molecule has 0 spiro atoms. The van der Waals surface area contributed by atoms with Gasteiger partial charge in [0.2, 0.25) is 5.91 Å². The molecule has 0 fully saturated rings. The summed E-state index contributed by atoms with van der Waals surface area (Å²) in [5, 5.41) is 5.41. The van der Waals surface area contributed by atoms with Crippen LogP contribution in [0.25, 0.3) is 0 Å². The summed E-state index contributed by atoms with van der Waals surface area (Å²) in [6.45, 7) is 4.71. The molecule has 0 aromatic heterocycles. The van der Waals surface area contributed by atoms with Crippen molar-refractivity contribution in [1.82, 2.24) is 5.32 Å². The fraction of sp³-hybridized carbons (Fsp3) is 0.467. The number of rotatable bonds is 7. The van der Waals surface area contributed by atoms with Crippen LogP contribution in [0.3, 0.4) is 0 Å². The number of nitrogens with two attached hydrogens (primary N) is 2. The Bertz CT molecular complexity index is 479. The van der Waals surface area contributed by atoms with Crippen LogP contribution in [0, 0.1) is 5.41 Å². The predicted molar refractivity (Wildman–Crippen MR) is 90.8 cm³/mol. The largest absolute Gasteiger partial charge is 0.352 e. The smallest absolute Gasteiger partial charge is 0.316 e. The number of carbonyl (C=O) groups is 2. The molecule has 0 saturated carbocycles. The summed E-state index contributed by atoms with van der Waals surface area (Å²) in [5.74, 6) is -0.0191. The van der Waals surface area contributed by atoms with Crippen LogP contribution < -0.4 is 22.1 Å². The van der Waals surface area contributed by atoms with Gasteiger partial charge in [-0.2, -0.15) is 0 Å². The van der Waals surface area contributed by atoms with Gasteiger partial charge >= 0.3 is 6.03 Å². The van der Waals surface area contributed by atoms with Gasteiger partial charge in [0.25, 0.3) is 0 Å². The van der Waals surface area contributed by atoms with Crippen LogP contribution >= 0.6 is 12.4 Å². The summed E-state index contributed by atoms with van der Waals surface area (Å²) >= 11 is 0. The maximum Gasteiger partial charge on any atom is 0.316 e. The van der Waals surface area contributed by atoms with Crippen LogP contribution in [0.5, 0.6) is 0 Å². The highest BCUT2D eigenvalue weighted by molar-refractivity contribution is 5.87.